The van der Waals surface area contributed by atoms with Crippen LogP contribution in [0.4, 0.5) is 0 Å². The zero-order valence-electron chi connectivity index (χ0n) is 20.1. The summed E-state index contributed by atoms with van der Waals surface area (Å²) in [6.07, 6.45) is 0. The monoisotopic (exact) mass is 454 g/mol. The smallest absolute Gasteiger partial charge is 0.163 e. The fourth-order valence-electron chi connectivity index (χ4n) is 4.52. The van der Waals surface area contributed by atoms with Gasteiger partial charge in [-0.25, -0.2) is 15.0 Å². The Kier molecular flexibility index (Phi) is 4.96. The van der Waals surface area contributed by atoms with Crippen LogP contribution in [0.2, 0.25) is 0 Å². The molecule has 0 aliphatic rings. The van der Waals surface area contributed by atoms with Gasteiger partial charge >= 0.3 is 0 Å². The van der Waals surface area contributed by atoms with E-state index in [4.69, 9.17) is 15.0 Å². The molecule has 0 atom stereocenters. The molecule has 2 heterocycles. The van der Waals surface area contributed by atoms with Gasteiger partial charge in [-0.3, -0.25) is 0 Å². The van der Waals surface area contributed by atoms with Gasteiger partial charge in [-0.15, -0.1) is 0 Å². The lowest BCUT2D eigenvalue weighted by Gasteiger charge is -2.18. The lowest BCUT2D eigenvalue weighted by atomic mass is 9.95. The maximum atomic E-state index is 4.92. The third kappa shape index (κ3) is 3.77. The average Bonchev–Trinajstić information content (AvgIpc) is 3.23. The first kappa shape index (κ1) is 21.2. The highest BCUT2D eigenvalue weighted by Gasteiger charge is 2.21. The van der Waals surface area contributed by atoms with E-state index in [-0.39, 0.29) is 5.41 Å². The molecule has 0 amide bonds. The highest BCUT2D eigenvalue weighted by atomic mass is 15.0. The highest BCUT2D eigenvalue weighted by molar-refractivity contribution is 6.10. The third-order valence-electron chi connectivity index (χ3n) is 6.28. The van der Waals surface area contributed by atoms with Crippen LogP contribution in [-0.4, -0.2) is 19.5 Å². The van der Waals surface area contributed by atoms with Gasteiger partial charge in [-0.05, 0) is 36.4 Å². The standard InChI is InChI=1S/C31H26N4/c1-31(2,3)30-33-28(21-12-6-4-7-13-21)32-29(34-30)22-18-19-27-25(20-22)24-16-10-11-17-26(24)35(27)23-14-8-5-9-15-23/h4-20H,1-3H3. The van der Waals surface area contributed by atoms with Crippen LogP contribution in [0, 0.1) is 0 Å². The first-order valence-electron chi connectivity index (χ1n) is 11.9. The minimum Gasteiger partial charge on any atom is -0.309 e. The largest absolute Gasteiger partial charge is 0.309 e. The van der Waals surface area contributed by atoms with Crippen LogP contribution in [0.1, 0.15) is 26.6 Å². The van der Waals surface area contributed by atoms with Crippen molar-refractivity contribution in [2.24, 2.45) is 0 Å². The quantitative estimate of drug-likeness (QED) is 0.276. The number of aromatic nitrogens is 4. The lowest BCUT2D eigenvalue weighted by Crippen LogP contribution is -2.18. The SMILES string of the molecule is CC(C)(C)c1nc(-c2ccccc2)nc(-c2ccc3c(c2)c2ccccc2n3-c2ccccc2)n1. The molecule has 0 unspecified atom stereocenters. The Bertz CT molecular complexity index is 1660. The molecule has 6 rings (SSSR count). The summed E-state index contributed by atoms with van der Waals surface area (Å²) in [4.78, 5) is 14.7. The number of hydrogen-bond acceptors (Lipinski definition) is 3. The van der Waals surface area contributed by atoms with E-state index in [1.54, 1.807) is 0 Å². The number of hydrogen-bond donors (Lipinski definition) is 0. The minimum atomic E-state index is -0.200. The Labute approximate surface area is 205 Å². The molecule has 0 saturated heterocycles. The zero-order chi connectivity index (χ0) is 24.0. The molecule has 0 radical (unpaired) electrons. The Morgan fingerprint density at radius 2 is 1.14 bits per heavy atom. The molecule has 0 N–H and O–H groups in total. The second-order valence-electron chi connectivity index (χ2n) is 9.84. The first-order valence-corrected chi connectivity index (χ1v) is 11.9. The molecular weight excluding hydrogens is 428 g/mol. The third-order valence-corrected chi connectivity index (χ3v) is 6.28. The van der Waals surface area contributed by atoms with Crippen molar-refractivity contribution in [2.45, 2.75) is 26.2 Å². The second kappa shape index (κ2) is 8.17. The summed E-state index contributed by atoms with van der Waals surface area (Å²) < 4.78 is 2.32. The average molecular weight is 455 g/mol. The molecule has 0 aliphatic carbocycles. The van der Waals surface area contributed by atoms with E-state index >= 15 is 0 Å². The predicted octanol–water partition coefficient (Wildman–Crippen LogP) is 7.60. The summed E-state index contributed by atoms with van der Waals surface area (Å²) in [5.74, 6) is 2.18. The minimum absolute atomic E-state index is 0.200. The zero-order valence-corrected chi connectivity index (χ0v) is 20.1. The summed E-state index contributed by atoms with van der Waals surface area (Å²) in [6.45, 7) is 6.41. The van der Waals surface area contributed by atoms with Crippen molar-refractivity contribution in [3.8, 4) is 28.5 Å². The van der Waals surface area contributed by atoms with E-state index in [1.165, 1.54) is 16.3 Å². The van der Waals surface area contributed by atoms with Crippen molar-refractivity contribution in [3.63, 3.8) is 0 Å². The summed E-state index contributed by atoms with van der Waals surface area (Å²) in [7, 11) is 0. The molecule has 4 heteroatoms. The van der Waals surface area contributed by atoms with Gasteiger partial charge in [0.15, 0.2) is 11.6 Å². The molecule has 0 bridgehead atoms. The molecular formula is C31H26N4. The molecule has 2 aromatic heterocycles. The maximum absolute atomic E-state index is 4.92. The molecule has 4 nitrogen and oxygen atoms in total. The molecule has 4 aromatic carbocycles. The highest BCUT2D eigenvalue weighted by Crippen LogP contribution is 2.35. The van der Waals surface area contributed by atoms with Gasteiger partial charge in [0.2, 0.25) is 0 Å². The number of fused-ring (bicyclic) bond motifs is 3. The number of nitrogens with zero attached hydrogens (tertiary/aromatic N) is 4. The fourth-order valence-corrected chi connectivity index (χ4v) is 4.52. The van der Waals surface area contributed by atoms with Gasteiger partial charge in [-0.1, -0.05) is 87.5 Å². The number of rotatable bonds is 3. The van der Waals surface area contributed by atoms with E-state index < -0.39 is 0 Å². The Hall–Kier alpha value is -4.31. The topological polar surface area (TPSA) is 43.6 Å². The Morgan fingerprint density at radius 3 is 1.86 bits per heavy atom. The van der Waals surface area contributed by atoms with Crippen LogP contribution in [0.15, 0.2) is 103 Å². The Balaban J connectivity index is 1.59. The molecule has 170 valence electrons. The summed E-state index contributed by atoms with van der Waals surface area (Å²) in [5, 5.41) is 2.39. The summed E-state index contributed by atoms with van der Waals surface area (Å²) in [6, 6.07) is 35.7. The Morgan fingerprint density at radius 1 is 0.543 bits per heavy atom. The van der Waals surface area contributed by atoms with Gasteiger partial charge in [0.25, 0.3) is 0 Å². The lowest BCUT2D eigenvalue weighted by molar-refractivity contribution is 0.543. The normalized spacial score (nSPS) is 11.9. The van der Waals surface area contributed by atoms with Gasteiger partial charge in [0, 0.05) is 33.0 Å². The van der Waals surface area contributed by atoms with Crippen molar-refractivity contribution >= 4 is 21.8 Å². The maximum Gasteiger partial charge on any atom is 0.163 e. The second-order valence-corrected chi connectivity index (χ2v) is 9.84. The number of benzene rings is 4. The van der Waals surface area contributed by atoms with E-state index in [1.807, 2.05) is 36.4 Å². The van der Waals surface area contributed by atoms with Crippen LogP contribution in [0.25, 0.3) is 50.3 Å². The van der Waals surface area contributed by atoms with Gasteiger partial charge < -0.3 is 4.57 Å². The van der Waals surface area contributed by atoms with Gasteiger partial charge in [-0.2, -0.15) is 0 Å². The van der Waals surface area contributed by atoms with E-state index in [9.17, 15) is 0 Å². The van der Waals surface area contributed by atoms with Crippen LogP contribution in [0.5, 0.6) is 0 Å². The van der Waals surface area contributed by atoms with Gasteiger partial charge in [0.1, 0.15) is 5.82 Å². The van der Waals surface area contributed by atoms with Crippen molar-refractivity contribution in [3.05, 3.63) is 109 Å². The fraction of sp³-hybridized carbons (Fsp3) is 0.129. The molecule has 0 fully saturated rings. The van der Waals surface area contributed by atoms with Crippen molar-refractivity contribution in [1.82, 2.24) is 19.5 Å². The molecule has 0 spiro atoms. The summed E-state index contributed by atoms with van der Waals surface area (Å²) >= 11 is 0. The van der Waals surface area contributed by atoms with E-state index in [2.05, 4.69) is 92.1 Å². The predicted molar refractivity (Wildman–Crippen MR) is 144 cm³/mol. The van der Waals surface area contributed by atoms with Crippen molar-refractivity contribution in [1.29, 1.82) is 0 Å². The van der Waals surface area contributed by atoms with E-state index in [0.717, 1.165) is 28.2 Å². The van der Waals surface area contributed by atoms with E-state index in [0.29, 0.717) is 11.6 Å². The molecule has 6 aromatic rings. The molecule has 35 heavy (non-hydrogen) atoms. The van der Waals surface area contributed by atoms with Crippen molar-refractivity contribution in [2.75, 3.05) is 0 Å². The first-order chi connectivity index (χ1) is 17.0. The molecule has 0 aliphatic heterocycles. The van der Waals surface area contributed by atoms with Crippen LogP contribution in [0.3, 0.4) is 0 Å². The van der Waals surface area contributed by atoms with Crippen molar-refractivity contribution < 1.29 is 0 Å². The van der Waals surface area contributed by atoms with Gasteiger partial charge in [0.05, 0.1) is 11.0 Å². The summed E-state index contributed by atoms with van der Waals surface area (Å²) in [5.41, 5.74) is 5.26. The van der Waals surface area contributed by atoms with Crippen LogP contribution >= 0.6 is 0 Å². The van der Waals surface area contributed by atoms with Crippen LogP contribution in [-0.2, 0) is 5.41 Å². The van der Waals surface area contributed by atoms with Crippen LogP contribution < -0.4 is 0 Å². The number of para-hydroxylation sites is 2. The molecule has 0 saturated carbocycles.